The summed E-state index contributed by atoms with van der Waals surface area (Å²) in [5.74, 6) is 0. The molecular weight excluding hydrogens is 152 g/mol. The fraction of sp³-hybridized carbons (Fsp3) is 1.00. The fourth-order valence-electron chi connectivity index (χ4n) is 0.987. The standard InChI is InChI=1S/C6H12O5/c1-10-6-5(9)4(8)3(7)2-11-6/h3-9H,2H2,1H3/t3-,4?,5+,6?/m1/s1. The Morgan fingerprint density at radius 3 is 2.45 bits per heavy atom. The van der Waals surface area contributed by atoms with Crippen molar-refractivity contribution in [2.45, 2.75) is 24.6 Å². The molecule has 5 nitrogen and oxygen atoms in total. The molecule has 0 aromatic rings. The summed E-state index contributed by atoms with van der Waals surface area (Å²) in [6, 6.07) is 0. The SMILES string of the molecule is COC1OC[C@@H](O)C(O)[C@@H]1O. The first-order valence-corrected chi connectivity index (χ1v) is 3.35. The van der Waals surface area contributed by atoms with Crippen molar-refractivity contribution < 1.29 is 24.8 Å². The van der Waals surface area contributed by atoms with E-state index in [-0.39, 0.29) is 6.61 Å². The Balaban J connectivity index is 2.52. The van der Waals surface area contributed by atoms with Crippen molar-refractivity contribution in [1.82, 2.24) is 0 Å². The predicted octanol–water partition coefficient (Wildman–Crippen LogP) is -1.93. The Morgan fingerprint density at radius 1 is 1.27 bits per heavy atom. The Morgan fingerprint density at radius 2 is 1.91 bits per heavy atom. The summed E-state index contributed by atoms with van der Waals surface area (Å²) in [6.45, 7) is -0.0171. The van der Waals surface area contributed by atoms with Crippen LogP contribution < -0.4 is 0 Å². The van der Waals surface area contributed by atoms with E-state index in [0.29, 0.717) is 0 Å². The Kier molecular flexibility index (Phi) is 2.80. The van der Waals surface area contributed by atoms with Crippen molar-refractivity contribution >= 4 is 0 Å². The summed E-state index contributed by atoms with van der Waals surface area (Å²) in [7, 11) is 1.36. The number of hydrogen-bond acceptors (Lipinski definition) is 5. The van der Waals surface area contributed by atoms with Crippen LogP contribution in [0.15, 0.2) is 0 Å². The number of methoxy groups -OCH3 is 1. The van der Waals surface area contributed by atoms with E-state index in [9.17, 15) is 0 Å². The lowest BCUT2D eigenvalue weighted by molar-refractivity contribution is -0.261. The quantitative estimate of drug-likeness (QED) is 0.420. The minimum Gasteiger partial charge on any atom is -0.388 e. The van der Waals surface area contributed by atoms with Crippen molar-refractivity contribution in [3.05, 3.63) is 0 Å². The Bertz CT molecular complexity index is 126. The molecule has 0 amide bonds. The van der Waals surface area contributed by atoms with Gasteiger partial charge in [0, 0.05) is 7.11 Å². The first-order valence-electron chi connectivity index (χ1n) is 3.35. The van der Waals surface area contributed by atoms with Crippen molar-refractivity contribution in [3.63, 3.8) is 0 Å². The van der Waals surface area contributed by atoms with E-state index < -0.39 is 24.6 Å². The lowest BCUT2D eigenvalue weighted by Gasteiger charge is -2.33. The molecule has 5 heteroatoms. The number of aliphatic hydroxyl groups excluding tert-OH is 3. The summed E-state index contributed by atoms with van der Waals surface area (Å²) in [6.07, 6.45) is -4.23. The van der Waals surface area contributed by atoms with Crippen LogP contribution in [-0.2, 0) is 9.47 Å². The zero-order valence-corrected chi connectivity index (χ0v) is 6.17. The molecule has 1 heterocycles. The molecule has 0 bridgehead atoms. The molecule has 1 fully saturated rings. The third kappa shape index (κ3) is 1.69. The molecule has 1 saturated heterocycles. The summed E-state index contributed by atoms with van der Waals surface area (Å²) < 4.78 is 9.52. The summed E-state index contributed by atoms with van der Waals surface area (Å²) >= 11 is 0. The van der Waals surface area contributed by atoms with E-state index in [4.69, 9.17) is 20.1 Å². The minimum atomic E-state index is -1.19. The summed E-state index contributed by atoms with van der Waals surface area (Å²) in [5.41, 5.74) is 0. The van der Waals surface area contributed by atoms with E-state index in [1.807, 2.05) is 0 Å². The Hall–Kier alpha value is -0.200. The highest BCUT2D eigenvalue weighted by atomic mass is 16.7. The second-order valence-electron chi connectivity index (χ2n) is 2.49. The zero-order valence-electron chi connectivity index (χ0n) is 6.17. The highest BCUT2D eigenvalue weighted by Crippen LogP contribution is 2.15. The van der Waals surface area contributed by atoms with Gasteiger partial charge < -0.3 is 24.8 Å². The fourth-order valence-corrected chi connectivity index (χ4v) is 0.987. The molecule has 1 rings (SSSR count). The van der Waals surface area contributed by atoms with Crippen LogP contribution in [0.2, 0.25) is 0 Å². The van der Waals surface area contributed by atoms with Crippen LogP contribution in [0, 0.1) is 0 Å². The average Bonchev–Trinajstić information content (AvgIpc) is 2.01. The lowest BCUT2D eigenvalue weighted by atomic mass is 10.1. The number of hydrogen-bond donors (Lipinski definition) is 3. The number of rotatable bonds is 1. The molecule has 1 aliphatic rings. The maximum Gasteiger partial charge on any atom is 0.185 e. The van der Waals surface area contributed by atoms with Gasteiger partial charge in [0.2, 0.25) is 0 Å². The largest absolute Gasteiger partial charge is 0.388 e. The van der Waals surface area contributed by atoms with Gasteiger partial charge in [0.15, 0.2) is 6.29 Å². The molecule has 66 valence electrons. The third-order valence-electron chi connectivity index (χ3n) is 1.69. The van der Waals surface area contributed by atoms with Gasteiger partial charge >= 0.3 is 0 Å². The van der Waals surface area contributed by atoms with E-state index in [1.54, 1.807) is 0 Å². The van der Waals surface area contributed by atoms with Gasteiger partial charge in [0.1, 0.15) is 18.3 Å². The smallest absolute Gasteiger partial charge is 0.185 e. The molecule has 3 N–H and O–H groups in total. The normalized spacial score (nSPS) is 45.8. The van der Waals surface area contributed by atoms with Crippen LogP contribution >= 0.6 is 0 Å². The van der Waals surface area contributed by atoms with Gasteiger partial charge in [-0.25, -0.2) is 0 Å². The lowest BCUT2D eigenvalue weighted by Crippen LogP contribution is -2.53. The van der Waals surface area contributed by atoms with Gasteiger partial charge in [-0.3, -0.25) is 0 Å². The average molecular weight is 164 g/mol. The number of ether oxygens (including phenoxy) is 2. The highest BCUT2D eigenvalue weighted by molar-refractivity contribution is 4.81. The first-order chi connectivity index (χ1) is 5.16. The third-order valence-corrected chi connectivity index (χ3v) is 1.69. The van der Waals surface area contributed by atoms with Crippen molar-refractivity contribution in [1.29, 1.82) is 0 Å². The minimum absolute atomic E-state index is 0.0171. The van der Waals surface area contributed by atoms with Gasteiger partial charge in [-0.1, -0.05) is 0 Å². The maximum absolute atomic E-state index is 9.15. The van der Waals surface area contributed by atoms with Crippen molar-refractivity contribution in [2.24, 2.45) is 0 Å². The zero-order chi connectivity index (χ0) is 8.43. The van der Waals surface area contributed by atoms with Gasteiger partial charge in [0.25, 0.3) is 0 Å². The van der Waals surface area contributed by atoms with Crippen LogP contribution in [0.1, 0.15) is 0 Å². The predicted molar refractivity (Wildman–Crippen MR) is 34.8 cm³/mol. The molecule has 11 heavy (non-hydrogen) atoms. The molecule has 0 radical (unpaired) electrons. The first kappa shape index (κ1) is 8.89. The number of aliphatic hydroxyl groups is 3. The van der Waals surface area contributed by atoms with Gasteiger partial charge in [-0.05, 0) is 0 Å². The molecule has 1 aliphatic heterocycles. The molecular formula is C6H12O5. The van der Waals surface area contributed by atoms with Gasteiger partial charge in [-0.15, -0.1) is 0 Å². The van der Waals surface area contributed by atoms with Crippen LogP contribution in [0.25, 0.3) is 0 Å². The van der Waals surface area contributed by atoms with Crippen LogP contribution in [0.4, 0.5) is 0 Å². The summed E-state index contributed by atoms with van der Waals surface area (Å²) in [5, 5.41) is 27.2. The molecule has 0 aliphatic carbocycles. The summed E-state index contributed by atoms with van der Waals surface area (Å²) in [4.78, 5) is 0. The molecule has 0 aromatic carbocycles. The maximum atomic E-state index is 9.15. The van der Waals surface area contributed by atoms with E-state index in [1.165, 1.54) is 7.11 Å². The molecule has 2 unspecified atom stereocenters. The molecule has 0 aromatic heterocycles. The monoisotopic (exact) mass is 164 g/mol. The van der Waals surface area contributed by atoms with Crippen LogP contribution in [0.3, 0.4) is 0 Å². The van der Waals surface area contributed by atoms with Crippen molar-refractivity contribution in [2.75, 3.05) is 13.7 Å². The van der Waals surface area contributed by atoms with Crippen LogP contribution in [-0.4, -0.2) is 53.6 Å². The van der Waals surface area contributed by atoms with Gasteiger partial charge in [0.05, 0.1) is 6.61 Å². The van der Waals surface area contributed by atoms with E-state index in [0.717, 1.165) is 0 Å². The van der Waals surface area contributed by atoms with E-state index >= 15 is 0 Å². The van der Waals surface area contributed by atoms with Gasteiger partial charge in [-0.2, -0.15) is 0 Å². The topological polar surface area (TPSA) is 79.2 Å². The Labute approximate surface area is 64.2 Å². The molecule has 0 saturated carbocycles. The second kappa shape index (κ2) is 3.46. The highest BCUT2D eigenvalue weighted by Gasteiger charge is 2.37. The van der Waals surface area contributed by atoms with E-state index in [2.05, 4.69) is 4.74 Å². The van der Waals surface area contributed by atoms with Crippen LogP contribution in [0.5, 0.6) is 0 Å². The molecule has 0 spiro atoms. The molecule has 4 atom stereocenters. The van der Waals surface area contributed by atoms with Crippen molar-refractivity contribution in [3.8, 4) is 0 Å². The second-order valence-corrected chi connectivity index (χ2v) is 2.49.